The van der Waals surface area contributed by atoms with E-state index in [4.69, 9.17) is 4.52 Å². The molecular formula is C13H21N3O3. The van der Waals surface area contributed by atoms with Crippen molar-refractivity contribution in [2.75, 3.05) is 7.05 Å². The number of urea groups is 1. The molecule has 2 amide bonds. The van der Waals surface area contributed by atoms with Gasteiger partial charge in [0.1, 0.15) is 11.5 Å². The molecule has 2 N–H and O–H groups in total. The third kappa shape index (κ3) is 3.96. The molecule has 1 aliphatic rings. The van der Waals surface area contributed by atoms with E-state index in [0.29, 0.717) is 6.54 Å². The van der Waals surface area contributed by atoms with Crippen molar-refractivity contribution < 1.29 is 14.4 Å². The predicted octanol–water partition coefficient (Wildman–Crippen LogP) is 1.43. The van der Waals surface area contributed by atoms with E-state index in [1.807, 2.05) is 13.0 Å². The van der Waals surface area contributed by atoms with Crippen molar-refractivity contribution in [2.45, 2.75) is 51.3 Å². The Kier molecular flexibility index (Phi) is 4.42. The van der Waals surface area contributed by atoms with Crippen LogP contribution in [0.4, 0.5) is 4.79 Å². The second kappa shape index (κ2) is 6.06. The zero-order chi connectivity index (χ0) is 13.8. The summed E-state index contributed by atoms with van der Waals surface area (Å²) in [6.07, 6.45) is 2.99. The van der Waals surface area contributed by atoms with E-state index in [1.165, 1.54) is 0 Å². The molecule has 0 unspecified atom stereocenters. The largest absolute Gasteiger partial charge is 0.393 e. The number of aliphatic hydroxyl groups excluding tert-OH is 1. The molecule has 1 aromatic rings. The molecule has 106 valence electrons. The summed E-state index contributed by atoms with van der Waals surface area (Å²) in [4.78, 5) is 13.6. The van der Waals surface area contributed by atoms with Crippen molar-refractivity contribution in [1.82, 2.24) is 15.4 Å². The molecule has 1 heterocycles. The number of amides is 2. The van der Waals surface area contributed by atoms with Gasteiger partial charge in [0.2, 0.25) is 0 Å². The lowest BCUT2D eigenvalue weighted by Gasteiger charge is -2.28. The minimum atomic E-state index is -0.205. The number of carbonyl (C=O) groups excluding carboxylic acids is 1. The van der Waals surface area contributed by atoms with Crippen LogP contribution in [0.25, 0.3) is 0 Å². The molecule has 0 atom stereocenters. The Morgan fingerprint density at radius 1 is 1.53 bits per heavy atom. The Morgan fingerprint density at radius 2 is 2.21 bits per heavy atom. The van der Waals surface area contributed by atoms with Gasteiger partial charge in [0.15, 0.2) is 0 Å². The molecule has 1 aromatic heterocycles. The van der Waals surface area contributed by atoms with Crippen LogP contribution in [0.15, 0.2) is 10.6 Å². The first-order chi connectivity index (χ1) is 9.04. The third-order valence-corrected chi connectivity index (χ3v) is 3.45. The lowest BCUT2D eigenvalue weighted by atomic mass is 9.93. The quantitative estimate of drug-likeness (QED) is 0.868. The summed E-state index contributed by atoms with van der Waals surface area (Å²) in [7, 11) is 1.73. The first kappa shape index (κ1) is 13.9. The summed E-state index contributed by atoms with van der Waals surface area (Å²) >= 11 is 0. The van der Waals surface area contributed by atoms with Crippen LogP contribution in [-0.2, 0) is 6.54 Å². The van der Waals surface area contributed by atoms with Crippen LogP contribution in [-0.4, -0.2) is 40.4 Å². The van der Waals surface area contributed by atoms with Gasteiger partial charge < -0.3 is 19.8 Å². The van der Waals surface area contributed by atoms with Crippen LogP contribution < -0.4 is 5.32 Å². The highest BCUT2D eigenvalue weighted by Gasteiger charge is 2.22. The maximum Gasteiger partial charge on any atom is 0.317 e. The Balaban J connectivity index is 1.79. The average Bonchev–Trinajstić information content (AvgIpc) is 2.77. The molecule has 6 heteroatoms. The van der Waals surface area contributed by atoms with Crippen LogP contribution in [0.3, 0.4) is 0 Å². The standard InChI is InChI=1S/C13H21N3O3/c1-9-7-11(15-19-9)8-16(2)13(18)14-10-3-5-12(17)6-4-10/h7,10,12,17H,3-6,8H2,1-2H3,(H,14,18). The SMILES string of the molecule is Cc1cc(CN(C)C(=O)NC2CCC(O)CC2)no1. The Bertz CT molecular complexity index is 425. The number of rotatable bonds is 3. The molecule has 1 saturated carbocycles. The van der Waals surface area contributed by atoms with Crippen molar-refractivity contribution in [3.05, 3.63) is 17.5 Å². The van der Waals surface area contributed by atoms with E-state index in [0.717, 1.165) is 37.1 Å². The second-order valence-electron chi connectivity index (χ2n) is 5.24. The number of nitrogens with one attached hydrogen (secondary N) is 1. The first-order valence-electron chi connectivity index (χ1n) is 6.66. The van der Waals surface area contributed by atoms with Gasteiger partial charge >= 0.3 is 6.03 Å². The molecule has 0 saturated heterocycles. The van der Waals surface area contributed by atoms with Gasteiger partial charge in [-0.25, -0.2) is 4.79 Å². The number of aliphatic hydroxyl groups is 1. The van der Waals surface area contributed by atoms with Gasteiger partial charge in [0.25, 0.3) is 0 Å². The van der Waals surface area contributed by atoms with Gasteiger partial charge in [0, 0.05) is 19.2 Å². The Hall–Kier alpha value is -1.56. The summed E-state index contributed by atoms with van der Waals surface area (Å²) in [6, 6.07) is 1.88. The van der Waals surface area contributed by atoms with Crippen LogP contribution in [0.1, 0.15) is 37.1 Å². The number of nitrogens with zero attached hydrogens (tertiary/aromatic N) is 2. The minimum absolute atomic E-state index is 0.109. The molecular weight excluding hydrogens is 246 g/mol. The van der Waals surface area contributed by atoms with Crippen LogP contribution in [0.5, 0.6) is 0 Å². The van der Waals surface area contributed by atoms with E-state index < -0.39 is 0 Å². The third-order valence-electron chi connectivity index (χ3n) is 3.45. The number of hydrogen-bond acceptors (Lipinski definition) is 4. The summed E-state index contributed by atoms with van der Waals surface area (Å²) in [5.74, 6) is 0.741. The van der Waals surface area contributed by atoms with E-state index in [1.54, 1.807) is 11.9 Å². The summed E-state index contributed by atoms with van der Waals surface area (Å²) in [5, 5.41) is 16.3. The predicted molar refractivity (Wildman–Crippen MR) is 69.5 cm³/mol. The molecule has 0 radical (unpaired) electrons. The van der Waals surface area contributed by atoms with E-state index in [-0.39, 0.29) is 18.2 Å². The number of carbonyl (C=O) groups is 1. The molecule has 0 bridgehead atoms. The molecule has 19 heavy (non-hydrogen) atoms. The lowest BCUT2D eigenvalue weighted by molar-refractivity contribution is 0.115. The second-order valence-corrected chi connectivity index (χ2v) is 5.24. The molecule has 2 rings (SSSR count). The van der Waals surface area contributed by atoms with Crippen molar-refractivity contribution in [1.29, 1.82) is 0 Å². The Morgan fingerprint density at radius 3 is 2.79 bits per heavy atom. The number of aryl methyl sites for hydroxylation is 1. The normalized spacial score (nSPS) is 23.1. The van der Waals surface area contributed by atoms with Crippen molar-refractivity contribution >= 4 is 6.03 Å². The summed E-state index contributed by atoms with van der Waals surface area (Å²) < 4.78 is 4.97. The number of hydrogen-bond donors (Lipinski definition) is 2. The fourth-order valence-corrected chi connectivity index (χ4v) is 2.31. The molecule has 0 spiro atoms. The van der Waals surface area contributed by atoms with Gasteiger partial charge in [-0.05, 0) is 32.6 Å². The highest BCUT2D eigenvalue weighted by Crippen LogP contribution is 2.18. The zero-order valence-corrected chi connectivity index (χ0v) is 11.4. The van der Waals surface area contributed by atoms with E-state index in [9.17, 15) is 9.90 Å². The maximum atomic E-state index is 12.0. The van der Waals surface area contributed by atoms with Crippen molar-refractivity contribution in [3.8, 4) is 0 Å². The van der Waals surface area contributed by atoms with Gasteiger partial charge in [-0.1, -0.05) is 5.16 Å². The van der Waals surface area contributed by atoms with Crippen LogP contribution in [0, 0.1) is 6.92 Å². The molecule has 6 nitrogen and oxygen atoms in total. The first-order valence-corrected chi connectivity index (χ1v) is 6.66. The molecule has 0 aromatic carbocycles. The van der Waals surface area contributed by atoms with Gasteiger partial charge in [-0.3, -0.25) is 0 Å². The summed E-state index contributed by atoms with van der Waals surface area (Å²) in [5.41, 5.74) is 0.745. The van der Waals surface area contributed by atoms with Gasteiger partial charge in [-0.15, -0.1) is 0 Å². The molecule has 1 aliphatic carbocycles. The monoisotopic (exact) mass is 267 g/mol. The molecule has 1 fully saturated rings. The van der Waals surface area contributed by atoms with Crippen LogP contribution >= 0.6 is 0 Å². The van der Waals surface area contributed by atoms with Crippen molar-refractivity contribution in [3.63, 3.8) is 0 Å². The van der Waals surface area contributed by atoms with Crippen molar-refractivity contribution in [2.24, 2.45) is 0 Å². The topological polar surface area (TPSA) is 78.6 Å². The highest BCUT2D eigenvalue weighted by molar-refractivity contribution is 5.74. The van der Waals surface area contributed by atoms with Crippen LogP contribution in [0.2, 0.25) is 0 Å². The van der Waals surface area contributed by atoms with Gasteiger partial charge in [0.05, 0.1) is 12.6 Å². The maximum absolute atomic E-state index is 12.0. The summed E-state index contributed by atoms with van der Waals surface area (Å²) in [6.45, 7) is 2.25. The minimum Gasteiger partial charge on any atom is -0.393 e. The zero-order valence-electron chi connectivity index (χ0n) is 11.4. The van der Waals surface area contributed by atoms with E-state index >= 15 is 0 Å². The van der Waals surface area contributed by atoms with Gasteiger partial charge in [-0.2, -0.15) is 0 Å². The van der Waals surface area contributed by atoms with E-state index in [2.05, 4.69) is 10.5 Å². The highest BCUT2D eigenvalue weighted by atomic mass is 16.5. The fraction of sp³-hybridized carbons (Fsp3) is 0.692. The lowest BCUT2D eigenvalue weighted by Crippen LogP contribution is -2.44. The smallest absolute Gasteiger partial charge is 0.317 e. The Labute approximate surface area is 112 Å². The number of aromatic nitrogens is 1. The molecule has 0 aliphatic heterocycles. The fourth-order valence-electron chi connectivity index (χ4n) is 2.31. The average molecular weight is 267 g/mol.